The second-order valence-corrected chi connectivity index (χ2v) is 5.14. The Labute approximate surface area is 124 Å². The van der Waals surface area contributed by atoms with Crippen molar-refractivity contribution < 1.29 is 9.18 Å². The highest BCUT2D eigenvalue weighted by Gasteiger charge is 2.17. The lowest BCUT2D eigenvalue weighted by Crippen LogP contribution is -2.22. The van der Waals surface area contributed by atoms with E-state index in [1.165, 1.54) is 13.0 Å². The molecule has 21 heavy (non-hydrogen) atoms. The van der Waals surface area contributed by atoms with E-state index in [-0.39, 0.29) is 17.6 Å². The molecular weight excluding hydrogens is 267 g/mol. The Kier molecular flexibility index (Phi) is 4.26. The maximum Gasteiger partial charge on any atom is 0.161 e. The smallest absolute Gasteiger partial charge is 0.161 e. The van der Waals surface area contributed by atoms with E-state index in [9.17, 15) is 9.18 Å². The molecule has 0 saturated heterocycles. The van der Waals surface area contributed by atoms with E-state index in [2.05, 4.69) is 0 Å². The first-order valence-electron chi connectivity index (χ1n) is 6.79. The summed E-state index contributed by atoms with van der Waals surface area (Å²) >= 11 is 0. The highest BCUT2D eigenvalue weighted by Crippen LogP contribution is 2.29. The average Bonchev–Trinajstić information content (AvgIpc) is 2.46. The second-order valence-electron chi connectivity index (χ2n) is 5.14. The van der Waals surface area contributed by atoms with Crippen LogP contribution < -0.4 is 10.6 Å². The fraction of sp³-hybridized carbons (Fsp3) is 0.235. The molecule has 2 rings (SSSR count). The monoisotopic (exact) mass is 286 g/mol. The van der Waals surface area contributed by atoms with E-state index in [1.807, 2.05) is 31.0 Å². The van der Waals surface area contributed by atoms with Crippen molar-refractivity contribution in [3.8, 4) is 0 Å². The van der Waals surface area contributed by atoms with Crippen molar-refractivity contribution >= 4 is 17.2 Å². The van der Waals surface area contributed by atoms with Crippen LogP contribution in [-0.4, -0.2) is 12.8 Å². The Hall–Kier alpha value is -2.36. The van der Waals surface area contributed by atoms with Gasteiger partial charge in [-0.3, -0.25) is 4.79 Å². The Morgan fingerprint density at radius 1 is 1.24 bits per heavy atom. The summed E-state index contributed by atoms with van der Waals surface area (Å²) in [6.45, 7) is 3.40. The predicted molar refractivity (Wildman–Crippen MR) is 84.1 cm³/mol. The van der Waals surface area contributed by atoms with Gasteiger partial charge in [0.1, 0.15) is 5.82 Å². The maximum absolute atomic E-state index is 13.9. The van der Waals surface area contributed by atoms with Gasteiger partial charge in [-0.05, 0) is 38.1 Å². The van der Waals surface area contributed by atoms with Crippen LogP contribution >= 0.6 is 0 Å². The van der Waals surface area contributed by atoms with Gasteiger partial charge in [-0.1, -0.05) is 18.2 Å². The molecule has 1 atom stereocenters. The van der Waals surface area contributed by atoms with Crippen molar-refractivity contribution in [2.75, 3.05) is 17.7 Å². The molecule has 0 fully saturated rings. The number of carbonyl (C=O) groups excluding carboxylic acids is 1. The lowest BCUT2D eigenvalue weighted by atomic mass is 10.0. The summed E-state index contributed by atoms with van der Waals surface area (Å²) in [5.41, 5.74) is 8.18. The Morgan fingerprint density at radius 3 is 2.52 bits per heavy atom. The molecule has 0 aliphatic carbocycles. The van der Waals surface area contributed by atoms with Crippen LogP contribution in [0.15, 0.2) is 42.5 Å². The molecule has 0 heterocycles. The largest absolute Gasteiger partial charge is 0.398 e. The zero-order valence-corrected chi connectivity index (χ0v) is 12.4. The molecule has 0 spiro atoms. The van der Waals surface area contributed by atoms with E-state index in [0.29, 0.717) is 16.8 Å². The third-order valence-corrected chi connectivity index (χ3v) is 3.76. The second kappa shape index (κ2) is 5.95. The molecule has 0 radical (unpaired) electrons. The molecule has 2 aromatic rings. The Balaban J connectivity index is 2.36. The van der Waals surface area contributed by atoms with Crippen LogP contribution in [0, 0.1) is 5.82 Å². The number of carbonyl (C=O) groups is 1. The molecule has 0 aromatic heterocycles. The average molecular weight is 286 g/mol. The van der Waals surface area contributed by atoms with Gasteiger partial charge < -0.3 is 10.6 Å². The summed E-state index contributed by atoms with van der Waals surface area (Å²) in [4.78, 5) is 13.5. The lowest BCUT2D eigenvalue weighted by molar-refractivity contribution is 0.101. The van der Waals surface area contributed by atoms with E-state index < -0.39 is 0 Å². The van der Waals surface area contributed by atoms with Crippen molar-refractivity contribution in [2.24, 2.45) is 0 Å². The Bertz CT molecular complexity index is 670. The van der Waals surface area contributed by atoms with E-state index >= 15 is 0 Å². The molecule has 2 N–H and O–H groups in total. The summed E-state index contributed by atoms with van der Waals surface area (Å²) in [5, 5.41) is 0. The number of rotatable bonds is 4. The number of halogens is 1. The third kappa shape index (κ3) is 3.05. The minimum Gasteiger partial charge on any atom is -0.398 e. The molecule has 1 unspecified atom stereocenters. The van der Waals surface area contributed by atoms with E-state index in [0.717, 1.165) is 5.69 Å². The first-order valence-corrected chi connectivity index (χ1v) is 6.79. The maximum atomic E-state index is 13.9. The highest BCUT2D eigenvalue weighted by atomic mass is 19.1. The molecule has 0 aliphatic rings. The number of Topliss-reactive ketones (excluding diaryl/α,β-unsaturated/α-hetero) is 1. The van der Waals surface area contributed by atoms with Gasteiger partial charge in [-0.15, -0.1) is 0 Å². The number of nitrogens with two attached hydrogens (primary N) is 1. The summed E-state index contributed by atoms with van der Waals surface area (Å²) in [5.74, 6) is -0.319. The molecule has 0 amide bonds. The van der Waals surface area contributed by atoms with Crippen LogP contribution in [0.1, 0.15) is 35.8 Å². The van der Waals surface area contributed by atoms with Gasteiger partial charge in [0.15, 0.2) is 5.78 Å². The first kappa shape index (κ1) is 15.0. The van der Waals surface area contributed by atoms with Gasteiger partial charge in [0.05, 0.1) is 6.04 Å². The van der Waals surface area contributed by atoms with Gasteiger partial charge >= 0.3 is 0 Å². The number of nitrogen functional groups attached to an aromatic ring is 1. The van der Waals surface area contributed by atoms with Crippen LogP contribution in [0.25, 0.3) is 0 Å². The summed E-state index contributed by atoms with van der Waals surface area (Å²) in [7, 11) is 1.87. The minimum atomic E-state index is -0.237. The fourth-order valence-corrected chi connectivity index (χ4v) is 2.31. The summed E-state index contributed by atoms with van der Waals surface area (Å²) in [6, 6.07) is 11.8. The van der Waals surface area contributed by atoms with Gasteiger partial charge in [0, 0.05) is 29.5 Å². The van der Waals surface area contributed by atoms with E-state index in [1.54, 1.807) is 24.3 Å². The van der Waals surface area contributed by atoms with Crippen LogP contribution in [0.4, 0.5) is 15.8 Å². The van der Waals surface area contributed by atoms with Gasteiger partial charge in [0.25, 0.3) is 0 Å². The molecule has 0 saturated carbocycles. The topological polar surface area (TPSA) is 46.3 Å². The fourth-order valence-electron chi connectivity index (χ4n) is 2.31. The lowest BCUT2D eigenvalue weighted by Gasteiger charge is -2.28. The standard InChI is InChI=1S/C17H19FN2O/c1-11(14-6-4-5-7-16(14)18)20(3)13-8-9-17(19)15(10-13)12(2)21/h4-11H,19H2,1-3H3. The van der Waals surface area contributed by atoms with Crippen molar-refractivity contribution in [1.29, 1.82) is 0 Å². The molecule has 0 bridgehead atoms. The van der Waals surface area contributed by atoms with Crippen LogP contribution in [0.5, 0.6) is 0 Å². The van der Waals surface area contributed by atoms with Crippen LogP contribution in [-0.2, 0) is 0 Å². The van der Waals surface area contributed by atoms with Crippen molar-refractivity contribution in [2.45, 2.75) is 19.9 Å². The number of anilines is 2. The summed E-state index contributed by atoms with van der Waals surface area (Å²) < 4.78 is 13.9. The minimum absolute atomic E-state index is 0.0821. The van der Waals surface area contributed by atoms with Crippen LogP contribution in [0.2, 0.25) is 0 Å². The predicted octanol–water partition coefficient (Wildman–Crippen LogP) is 3.81. The summed E-state index contributed by atoms with van der Waals surface area (Å²) in [6.07, 6.45) is 0. The van der Waals surface area contributed by atoms with Crippen LogP contribution in [0.3, 0.4) is 0 Å². The first-order chi connectivity index (χ1) is 9.91. The third-order valence-electron chi connectivity index (χ3n) is 3.76. The van der Waals surface area contributed by atoms with Gasteiger partial charge in [-0.25, -0.2) is 4.39 Å². The number of hydrogen-bond acceptors (Lipinski definition) is 3. The molecule has 4 heteroatoms. The number of benzene rings is 2. The van der Waals surface area contributed by atoms with Gasteiger partial charge in [0.2, 0.25) is 0 Å². The zero-order valence-electron chi connectivity index (χ0n) is 12.4. The van der Waals surface area contributed by atoms with Crippen molar-refractivity contribution in [3.05, 3.63) is 59.4 Å². The van der Waals surface area contributed by atoms with E-state index in [4.69, 9.17) is 5.73 Å². The van der Waals surface area contributed by atoms with Gasteiger partial charge in [-0.2, -0.15) is 0 Å². The SMILES string of the molecule is CC(=O)c1cc(N(C)C(C)c2ccccc2F)ccc1N. The van der Waals surface area contributed by atoms with Crippen molar-refractivity contribution in [1.82, 2.24) is 0 Å². The normalized spacial score (nSPS) is 12.0. The highest BCUT2D eigenvalue weighted by molar-refractivity contribution is 6.00. The molecule has 3 nitrogen and oxygen atoms in total. The number of hydrogen-bond donors (Lipinski definition) is 1. The Morgan fingerprint density at radius 2 is 1.90 bits per heavy atom. The zero-order chi connectivity index (χ0) is 15.6. The number of nitrogens with zero attached hydrogens (tertiary/aromatic N) is 1. The number of ketones is 1. The molecule has 110 valence electrons. The quantitative estimate of drug-likeness (QED) is 0.686. The molecule has 2 aromatic carbocycles. The molecule has 0 aliphatic heterocycles. The molecular formula is C17H19FN2O. The van der Waals surface area contributed by atoms with Crippen molar-refractivity contribution in [3.63, 3.8) is 0 Å².